The lowest BCUT2D eigenvalue weighted by atomic mass is 9.97. The van der Waals surface area contributed by atoms with Crippen LogP contribution in [0.15, 0.2) is 6.07 Å². The molecule has 20 heavy (non-hydrogen) atoms. The predicted molar refractivity (Wildman–Crippen MR) is 77.4 cm³/mol. The van der Waals surface area contributed by atoms with Crippen LogP contribution in [0.2, 0.25) is 0 Å². The number of likely N-dealkylation sites (tertiary alicyclic amines) is 1. The molecule has 5 heteroatoms. The van der Waals surface area contributed by atoms with Gasteiger partial charge in [0.25, 0.3) is 0 Å². The summed E-state index contributed by atoms with van der Waals surface area (Å²) in [6.45, 7) is 8.28. The van der Waals surface area contributed by atoms with E-state index in [-0.39, 0.29) is 18.0 Å². The lowest BCUT2D eigenvalue weighted by Crippen LogP contribution is -2.51. The summed E-state index contributed by atoms with van der Waals surface area (Å²) in [6.07, 6.45) is 2.49. The fourth-order valence-electron chi connectivity index (χ4n) is 3.12. The predicted octanol–water partition coefficient (Wildman–Crippen LogP) is 1.82. The molecule has 1 fully saturated rings. The monoisotopic (exact) mass is 279 g/mol. The van der Waals surface area contributed by atoms with Crippen LogP contribution in [0.1, 0.15) is 50.5 Å². The van der Waals surface area contributed by atoms with E-state index in [9.17, 15) is 9.90 Å². The number of piperidine rings is 1. The average Bonchev–Trinajstić information content (AvgIpc) is 2.76. The van der Waals surface area contributed by atoms with E-state index in [1.807, 2.05) is 31.7 Å². The van der Waals surface area contributed by atoms with Gasteiger partial charge in [0, 0.05) is 12.2 Å². The van der Waals surface area contributed by atoms with Crippen molar-refractivity contribution in [2.45, 2.75) is 65.1 Å². The Morgan fingerprint density at radius 1 is 1.40 bits per heavy atom. The number of aryl methyl sites for hydroxylation is 2. The molecular weight excluding hydrogens is 254 g/mol. The third-order valence-electron chi connectivity index (χ3n) is 4.16. The molecule has 1 aromatic rings. The summed E-state index contributed by atoms with van der Waals surface area (Å²) in [5, 5.41) is 14.3. The van der Waals surface area contributed by atoms with Crippen molar-refractivity contribution in [1.29, 1.82) is 0 Å². The second-order valence-corrected chi connectivity index (χ2v) is 5.88. The number of hydrogen-bond acceptors (Lipinski definition) is 3. The van der Waals surface area contributed by atoms with Gasteiger partial charge in [0.2, 0.25) is 5.91 Å². The minimum atomic E-state index is -0.480. The lowest BCUT2D eigenvalue weighted by Gasteiger charge is -2.39. The number of nitrogens with zero attached hydrogens (tertiary/aromatic N) is 3. The van der Waals surface area contributed by atoms with Crippen molar-refractivity contribution < 1.29 is 9.90 Å². The lowest BCUT2D eigenvalue weighted by molar-refractivity contribution is -0.141. The van der Waals surface area contributed by atoms with E-state index in [0.717, 1.165) is 37.2 Å². The van der Waals surface area contributed by atoms with Gasteiger partial charge in [0.15, 0.2) is 0 Å². The molecule has 0 bridgehead atoms. The van der Waals surface area contributed by atoms with Gasteiger partial charge in [0.05, 0.1) is 17.8 Å². The summed E-state index contributed by atoms with van der Waals surface area (Å²) < 4.78 is 1.78. The van der Waals surface area contributed by atoms with Gasteiger partial charge in [-0.1, -0.05) is 0 Å². The van der Waals surface area contributed by atoms with Gasteiger partial charge in [0.1, 0.15) is 6.04 Å². The van der Waals surface area contributed by atoms with Crippen LogP contribution >= 0.6 is 0 Å². The number of aliphatic hydroxyl groups excluding tert-OH is 1. The fraction of sp³-hybridized carbons (Fsp3) is 0.733. The van der Waals surface area contributed by atoms with Crippen LogP contribution in [-0.2, 0) is 4.79 Å². The molecule has 2 heterocycles. The third kappa shape index (κ3) is 2.87. The van der Waals surface area contributed by atoms with Gasteiger partial charge in [-0.05, 0) is 53.0 Å². The molecule has 0 saturated carbocycles. The van der Waals surface area contributed by atoms with Crippen molar-refractivity contribution in [3.05, 3.63) is 17.5 Å². The molecule has 2 rings (SSSR count). The quantitative estimate of drug-likeness (QED) is 0.918. The van der Waals surface area contributed by atoms with Gasteiger partial charge < -0.3 is 10.0 Å². The van der Waals surface area contributed by atoms with Crippen LogP contribution in [0.3, 0.4) is 0 Å². The molecule has 1 amide bonds. The number of rotatable bonds is 3. The first-order valence-electron chi connectivity index (χ1n) is 7.43. The van der Waals surface area contributed by atoms with E-state index >= 15 is 0 Å². The third-order valence-corrected chi connectivity index (χ3v) is 4.16. The Labute approximate surface area is 120 Å². The molecule has 0 aliphatic carbocycles. The van der Waals surface area contributed by atoms with Crippen molar-refractivity contribution in [2.75, 3.05) is 6.54 Å². The topological polar surface area (TPSA) is 58.4 Å². The number of hydrogen-bond donors (Lipinski definition) is 1. The van der Waals surface area contributed by atoms with Crippen LogP contribution in [0.25, 0.3) is 0 Å². The minimum absolute atomic E-state index is 0.0572. The highest BCUT2D eigenvalue weighted by Gasteiger charge is 2.33. The smallest absolute Gasteiger partial charge is 0.247 e. The van der Waals surface area contributed by atoms with Crippen LogP contribution < -0.4 is 0 Å². The maximum absolute atomic E-state index is 12.7. The zero-order chi connectivity index (χ0) is 14.9. The zero-order valence-electron chi connectivity index (χ0n) is 12.8. The first-order valence-corrected chi connectivity index (χ1v) is 7.43. The molecule has 0 radical (unpaired) electrons. The standard InChI is InChI=1S/C15H25N3O2/c1-10-9-11(2)18(16-10)12(3)15(20)17-8-6-5-7-14(17)13(4)19/h9,12-14,19H,5-8H2,1-4H3. The molecule has 3 unspecified atom stereocenters. The molecular formula is C15H25N3O2. The molecule has 1 N–H and O–H groups in total. The van der Waals surface area contributed by atoms with Crippen molar-refractivity contribution in [3.63, 3.8) is 0 Å². The van der Waals surface area contributed by atoms with E-state index in [1.54, 1.807) is 11.6 Å². The van der Waals surface area contributed by atoms with Crippen LogP contribution in [0.4, 0.5) is 0 Å². The minimum Gasteiger partial charge on any atom is -0.391 e. The molecule has 1 aliphatic heterocycles. The maximum atomic E-state index is 12.7. The fourth-order valence-corrected chi connectivity index (χ4v) is 3.12. The van der Waals surface area contributed by atoms with Gasteiger partial charge >= 0.3 is 0 Å². The van der Waals surface area contributed by atoms with E-state index in [0.29, 0.717) is 0 Å². The van der Waals surface area contributed by atoms with Crippen molar-refractivity contribution in [2.24, 2.45) is 0 Å². The first-order chi connectivity index (χ1) is 9.41. The largest absolute Gasteiger partial charge is 0.391 e. The molecule has 1 aliphatic rings. The molecule has 0 spiro atoms. The number of carbonyl (C=O) groups is 1. The highest BCUT2D eigenvalue weighted by atomic mass is 16.3. The average molecular weight is 279 g/mol. The zero-order valence-corrected chi connectivity index (χ0v) is 12.8. The van der Waals surface area contributed by atoms with Gasteiger partial charge in [-0.2, -0.15) is 5.10 Å². The van der Waals surface area contributed by atoms with Gasteiger partial charge in [-0.15, -0.1) is 0 Å². The van der Waals surface area contributed by atoms with Gasteiger partial charge in [-0.25, -0.2) is 0 Å². The Bertz CT molecular complexity index is 481. The Balaban J connectivity index is 2.18. The summed E-state index contributed by atoms with van der Waals surface area (Å²) in [7, 11) is 0. The van der Waals surface area contributed by atoms with Crippen LogP contribution in [0, 0.1) is 13.8 Å². The van der Waals surface area contributed by atoms with Crippen molar-refractivity contribution >= 4 is 5.91 Å². The van der Waals surface area contributed by atoms with E-state index < -0.39 is 6.10 Å². The Morgan fingerprint density at radius 3 is 2.65 bits per heavy atom. The molecule has 1 saturated heterocycles. The molecule has 0 aromatic carbocycles. The summed E-state index contributed by atoms with van der Waals surface area (Å²) >= 11 is 0. The summed E-state index contributed by atoms with van der Waals surface area (Å²) in [6, 6.07) is 1.60. The van der Waals surface area contributed by atoms with Crippen molar-refractivity contribution in [1.82, 2.24) is 14.7 Å². The summed E-state index contributed by atoms with van der Waals surface area (Å²) in [4.78, 5) is 14.6. The highest BCUT2D eigenvalue weighted by Crippen LogP contribution is 2.23. The molecule has 5 nitrogen and oxygen atoms in total. The normalized spacial score (nSPS) is 22.6. The number of carbonyl (C=O) groups excluding carboxylic acids is 1. The van der Waals surface area contributed by atoms with E-state index in [4.69, 9.17) is 0 Å². The van der Waals surface area contributed by atoms with Gasteiger partial charge in [-0.3, -0.25) is 9.48 Å². The Morgan fingerprint density at radius 2 is 2.10 bits per heavy atom. The summed E-state index contributed by atoms with van der Waals surface area (Å²) in [5.74, 6) is 0.0572. The first kappa shape index (κ1) is 15.0. The molecule has 112 valence electrons. The Kier molecular flexibility index (Phi) is 4.48. The van der Waals surface area contributed by atoms with E-state index in [2.05, 4.69) is 5.10 Å². The number of aromatic nitrogens is 2. The summed E-state index contributed by atoms with van der Waals surface area (Å²) in [5.41, 5.74) is 1.92. The highest BCUT2D eigenvalue weighted by molar-refractivity contribution is 5.80. The number of aliphatic hydroxyl groups is 1. The number of amides is 1. The van der Waals surface area contributed by atoms with Crippen LogP contribution in [-0.4, -0.2) is 44.4 Å². The molecule has 1 aromatic heterocycles. The molecule has 3 atom stereocenters. The van der Waals surface area contributed by atoms with Crippen LogP contribution in [0.5, 0.6) is 0 Å². The maximum Gasteiger partial charge on any atom is 0.247 e. The second kappa shape index (κ2) is 5.95. The second-order valence-electron chi connectivity index (χ2n) is 5.88. The van der Waals surface area contributed by atoms with Crippen molar-refractivity contribution in [3.8, 4) is 0 Å². The van der Waals surface area contributed by atoms with E-state index in [1.165, 1.54) is 0 Å². The Hall–Kier alpha value is -1.36. The SMILES string of the molecule is Cc1cc(C)n(C(C)C(=O)N2CCCCC2C(C)O)n1.